The van der Waals surface area contributed by atoms with E-state index in [9.17, 15) is 31.5 Å². The number of hydrogen-bond acceptors (Lipinski definition) is 2. The van der Waals surface area contributed by atoms with Crippen molar-refractivity contribution in [2.45, 2.75) is 0 Å². The van der Waals surface area contributed by atoms with Crippen LogP contribution in [0, 0.1) is 29.1 Å². The van der Waals surface area contributed by atoms with Gasteiger partial charge in [-0.2, -0.15) is 0 Å². The second-order valence-electron chi connectivity index (χ2n) is 3.62. The van der Waals surface area contributed by atoms with Crippen LogP contribution in [0.5, 0.6) is 0 Å². The average Bonchev–Trinajstić information content (AvgIpc) is 2.38. The number of nitrogens with zero attached hydrogens (tertiary/aromatic N) is 1. The van der Waals surface area contributed by atoms with Crippen LogP contribution in [0.15, 0.2) is 0 Å². The van der Waals surface area contributed by atoms with Gasteiger partial charge >= 0.3 is 12.0 Å². The van der Waals surface area contributed by atoms with Gasteiger partial charge in [-0.3, -0.25) is 4.79 Å². The molecule has 0 atom stereocenters. The zero-order valence-corrected chi connectivity index (χ0v) is 9.81. The summed E-state index contributed by atoms with van der Waals surface area (Å²) in [5.74, 6) is -12.7. The quantitative estimate of drug-likeness (QED) is 0.509. The summed E-state index contributed by atoms with van der Waals surface area (Å²) < 4.78 is 64.9. The largest absolute Gasteiger partial charge is 0.480 e. The van der Waals surface area contributed by atoms with E-state index in [2.05, 4.69) is 0 Å². The molecule has 0 fully saturated rings. The Morgan fingerprint density at radius 3 is 1.80 bits per heavy atom. The molecule has 0 aliphatic rings. The molecule has 0 spiro atoms. The molecule has 0 aliphatic heterocycles. The van der Waals surface area contributed by atoms with Crippen LogP contribution in [0.3, 0.4) is 0 Å². The molecule has 0 radical (unpaired) electrons. The standard InChI is InChI=1S/C10H7F5N2O3/c1-17(2-3(18)19)10(20)16-9-7(14)5(12)4(11)6(13)8(9)15/h2H2,1H3,(H,16,20)(H,18,19). The van der Waals surface area contributed by atoms with E-state index in [1.807, 2.05) is 0 Å². The van der Waals surface area contributed by atoms with Gasteiger partial charge in [-0.1, -0.05) is 0 Å². The van der Waals surface area contributed by atoms with Crippen LogP contribution in [0.1, 0.15) is 0 Å². The Morgan fingerprint density at radius 2 is 1.40 bits per heavy atom. The fourth-order valence-electron chi connectivity index (χ4n) is 1.19. The Kier molecular flexibility index (Phi) is 4.48. The lowest BCUT2D eigenvalue weighted by Crippen LogP contribution is -2.36. The predicted octanol–water partition coefficient (Wildman–Crippen LogP) is 1.93. The summed E-state index contributed by atoms with van der Waals surface area (Å²) in [5, 5.41) is 9.81. The van der Waals surface area contributed by atoms with E-state index in [1.54, 1.807) is 0 Å². The van der Waals surface area contributed by atoms with Crippen molar-refractivity contribution >= 4 is 17.7 Å². The molecular formula is C10H7F5N2O3. The van der Waals surface area contributed by atoms with Crippen LogP contribution in [0.4, 0.5) is 32.4 Å². The lowest BCUT2D eigenvalue weighted by atomic mass is 10.2. The van der Waals surface area contributed by atoms with Crippen molar-refractivity contribution in [3.63, 3.8) is 0 Å². The van der Waals surface area contributed by atoms with Gasteiger partial charge in [0, 0.05) is 7.05 Å². The number of carboxylic acids is 1. The van der Waals surface area contributed by atoms with Crippen molar-refractivity contribution in [2.24, 2.45) is 0 Å². The Balaban J connectivity index is 3.10. The zero-order chi connectivity index (χ0) is 15.6. The van der Waals surface area contributed by atoms with E-state index >= 15 is 0 Å². The molecule has 2 amide bonds. The summed E-state index contributed by atoms with van der Waals surface area (Å²) in [7, 11) is 0.954. The molecule has 0 aromatic heterocycles. The molecule has 10 heteroatoms. The van der Waals surface area contributed by atoms with Gasteiger partial charge in [-0.05, 0) is 0 Å². The molecule has 0 bridgehead atoms. The third kappa shape index (κ3) is 2.95. The maximum Gasteiger partial charge on any atom is 0.323 e. The molecule has 0 saturated heterocycles. The van der Waals surface area contributed by atoms with E-state index in [0.717, 1.165) is 7.05 Å². The molecule has 20 heavy (non-hydrogen) atoms. The van der Waals surface area contributed by atoms with Gasteiger partial charge in [0.15, 0.2) is 23.3 Å². The van der Waals surface area contributed by atoms with E-state index in [0.29, 0.717) is 4.90 Å². The van der Waals surface area contributed by atoms with Crippen molar-refractivity contribution in [2.75, 3.05) is 18.9 Å². The van der Waals surface area contributed by atoms with Crippen LogP contribution in [-0.2, 0) is 4.79 Å². The molecule has 1 rings (SSSR count). The molecule has 1 aromatic carbocycles. The summed E-state index contributed by atoms with van der Waals surface area (Å²) in [6.07, 6.45) is 0. The third-order valence-electron chi connectivity index (χ3n) is 2.16. The van der Waals surface area contributed by atoms with E-state index in [1.165, 1.54) is 5.32 Å². The lowest BCUT2D eigenvalue weighted by Gasteiger charge is -2.16. The van der Waals surface area contributed by atoms with Crippen molar-refractivity contribution in [1.82, 2.24) is 4.90 Å². The minimum Gasteiger partial charge on any atom is -0.480 e. The fourth-order valence-corrected chi connectivity index (χ4v) is 1.19. The van der Waals surface area contributed by atoms with Crippen LogP contribution in [-0.4, -0.2) is 35.6 Å². The SMILES string of the molecule is CN(CC(=O)O)C(=O)Nc1c(F)c(F)c(F)c(F)c1F. The molecule has 0 saturated carbocycles. The van der Waals surface area contributed by atoms with E-state index in [4.69, 9.17) is 5.11 Å². The number of benzene rings is 1. The Bertz CT molecular complexity index is 549. The van der Waals surface area contributed by atoms with Crippen LogP contribution >= 0.6 is 0 Å². The number of carboxylic acid groups (broad SMARTS) is 1. The topological polar surface area (TPSA) is 69.6 Å². The summed E-state index contributed by atoms with van der Waals surface area (Å²) in [5.41, 5.74) is -1.55. The van der Waals surface area contributed by atoms with Crippen molar-refractivity contribution in [1.29, 1.82) is 0 Å². The molecule has 0 unspecified atom stereocenters. The van der Waals surface area contributed by atoms with Gasteiger partial charge in [0.2, 0.25) is 5.82 Å². The maximum absolute atomic E-state index is 13.2. The van der Waals surface area contributed by atoms with Crippen LogP contribution < -0.4 is 5.32 Å². The van der Waals surface area contributed by atoms with Crippen LogP contribution in [0.25, 0.3) is 0 Å². The highest BCUT2D eigenvalue weighted by molar-refractivity contribution is 5.91. The molecule has 0 heterocycles. The van der Waals surface area contributed by atoms with E-state index < -0.39 is 53.3 Å². The highest BCUT2D eigenvalue weighted by Crippen LogP contribution is 2.27. The minimum absolute atomic E-state index is 0.473. The molecule has 0 aliphatic carbocycles. The number of hydrogen-bond donors (Lipinski definition) is 2. The number of aliphatic carboxylic acids is 1. The second-order valence-corrected chi connectivity index (χ2v) is 3.62. The number of amides is 2. The average molecular weight is 298 g/mol. The van der Waals surface area contributed by atoms with Gasteiger partial charge in [0.1, 0.15) is 12.2 Å². The molecular weight excluding hydrogens is 291 g/mol. The number of likely N-dealkylation sites (N-methyl/N-ethyl adjacent to an activating group) is 1. The highest BCUT2D eigenvalue weighted by atomic mass is 19.2. The summed E-state index contributed by atoms with van der Waals surface area (Å²) in [6, 6.07) is -1.35. The lowest BCUT2D eigenvalue weighted by molar-refractivity contribution is -0.137. The smallest absolute Gasteiger partial charge is 0.323 e. The summed E-state index contributed by atoms with van der Waals surface area (Å²) in [4.78, 5) is 22.1. The molecule has 110 valence electrons. The normalized spacial score (nSPS) is 10.3. The summed E-state index contributed by atoms with van der Waals surface area (Å²) in [6.45, 7) is -0.832. The van der Waals surface area contributed by atoms with Crippen molar-refractivity contribution in [3.05, 3.63) is 29.1 Å². The Hall–Kier alpha value is -2.39. The van der Waals surface area contributed by atoms with Crippen molar-refractivity contribution < 1.29 is 36.6 Å². The van der Waals surface area contributed by atoms with Gasteiger partial charge < -0.3 is 15.3 Å². The number of halogens is 5. The first-order valence-electron chi connectivity index (χ1n) is 4.92. The summed E-state index contributed by atoms with van der Waals surface area (Å²) >= 11 is 0. The number of carbonyl (C=O) groups excluding carboxylic acids is 1. The van der Waals surface area contributed by atoms with Gasteiger partial charge in [-0.15, -0.1) is 0 Å². The maximum atomic E-state index is 13.2. The highest BCUT2D eigenvalue weighted by Gasteiger charge is 2.27. The first-order chi connectivity index (χ1) is 9.16. The number of anilines is 1. The molecule has 5 nitrogen and oxygen atoms in total. The number of rotatable bonds is 3. The van der Waals surface area contributed by atoms with Gasteiger partial charge in [0.05, 0.1) is 0 Å². The molecule has 2 N–H and O–H groups in total. The first-order valence-corrected chi connectivity index (χ1v) is 4.92. The zero-order valence-electron chi connectivity index (χ0n) is 9.81. The number of carbonyl (C=O) groups is 2. The fraction of sp³-hybridized carbons (Fsp3) is 0.200. The van der Waals surface area contributed by atoms with Gasteiger partial charge in [-0.25, -0.2) is 26.7 Å². The monoisotopic (exact) mass is 298 g/mol. The number of urea groups is 1. The second kappa shape index (κ2) is 5.72. The van der Waals surface area contributed by atoms with Crippen LogP contribution in [0.2, 0.25) is 0 Å². The predicted molar refractivity (Wildman–Crippen MR) is 55.5 cm³/mol. The third-order valence-corrected chi connectivity index (χ3v) is 2.16. The minimum atomic E-state index is -2.36. The van der Waals surface area contributed by atoms with Crippen molar-refractivity contribution in [3.8, 4) is 0 Å². The Labute approximate surface area is 108 Å². The first kappa shape index (κ1) is 15.7. The Morgan fingerprint density at radius 1 is 1.00 bits per heavy atom. The molecule has 1 aromatic rings. The van der Waals surface area contributed by atoms with E-state index in [-0.39, 0.29) is 0 Å². The number of nitrogens with one attached hydrogen (secondary N) is 1. The van der Waals surface area contributed by atoms with Gasteiger partial charge in [0.25, 0.3) is 0 Å².